The van der Waals surface area contributed by atoms with Crippen LogP contribution in [0.3, 0.4) is 0 Å². The fraction of sp³-hybridized carbons (Fsp3) is 0.381. The lowest BCUT2D eigenvalue weighted by molar-refractivity contribution is 0.103. The molecule has 490 valence electrons. The molecule has 0 N–H and O–H groups in total. The first kappa shape index (κ1) is 70.0. The van der Waals surface area contributed by atoms with Crippen molar-refractivity contribution >= 4 is 123 Å². The Hall–Kier alpha value is -7.36. The van der Waals surface area contributed by atoms with Crippen molar-refractivity contribution in [3.63, 3.8) is 0 Å². The minimum Gasteiger partial charge on any atom is -0.289 e. The smallest absolute Gasteiger partial charge is 0.270 e. The zero-order valence-electron chi connectivity index (χ0n) is 56.9. The Morgan fingerprint density at radius 1 is 0.448 bits per heavy atom. The number of ketones is 2. The predicted octanol–water partition coefficient (Wildman–Crippen LogP) is 26.9. The van der Waals surface area contributed by atoms with E-state index in [1.165, 1.54) is 120 Å². The van der Waals surface area contributed by atoms with Gasteiger partial charge in [-0.2, -0.15) is 0 Å². The first-order valence-corrected chi connectivity index (χ1v) is 40.0. The molecule has 3 aromatic carbocycles. The first-order valence-electron chi connectivity index (χ1n) is 35.1. The lowest BCUT2D eigenvalue weighted by Gasteiger charge is -2.14. The fourth-order valence-electron chi connectivity index (χ4n) is 14.4. The summed E-state index contributed by atoms with van der Waals surface area (Å²) in [6.07, 6.45) is 26.3. The highest BCUT2D eigenvalue weighted by Gasteiger charge is 2.35. The van der Waals surface area contributed by atoms with Crippen molar-refractivity contribution in [2.75, 3.05) is 0 Å². The van der Waals surface area contributed by atoms with Crippen LogP contribution < -0.4 is 0 Å². The van der Waals surface area contributed by atoms with E-state index in [1.54, 1.807) is 22.7 Å². The van der Waals surface area contributed by atoms with Crippen LogP contribution in [0.2, 0.25) is 0 Å². The minimum atomic E-state index is -0.160. The summed E-state index contributed by atoms with van der Waals surface area (Å²) in [5.74, 6) is 1.83. The van der Waals surface area contributed by atoms with Crippen LogP contribution in [0.5, 0.6) is 0 Å². The molecule has 96 heavy (non-hydrogen) atoms. The third-order valence-corrected chi connectivity index (χ3v) is 27.1. The molecule has 0 spiro atoms. The molecule has 11 rings (SSSR count). The average molecular weight is 1380 g/mol. The van der Waals surface area contributed by atoms with E-state index < -0.39 is 0 Å². The molecule has 0 saturated carbocycles. The third-order valence-electron chi connectivity index (χ3n) is 19.9. The second kappa shape index (κ2) is 32.3. The highest BCUT2D eigenvalue weighted by molar-refractivity contribution is 7.29. The number of benzene rings is 3. The number of hydrogen-bond donors (Lipinski definition) is 0. The summed E-state index contributed by atoms with van der Waals surface area (Å²) >= 11 is 11.2. The van der Waals surface area contributed by atoms with E-state index in [-0.39, 0.29) is 23.0 Å². The van der Waals surface area contributed by atoms with E-state index in [9.17, 15) is 20.1 Å². The molecule has 2 aliphatic rings. The van der Waals surface area contributed by atoms with Crippen LogP contribution >= 0.6 is 68.0 Å². The summed E-state index contributed by atoms with van der Waals surface area (Å²) in [4.78, 5) is 48.5. The Morgan fingerprint density at radius 3 is 1.14 bits per heavy atom. The SMILES string of the molecule is [C-]#[N+]/C(C#N)=C1\C(=Cc2cc(CC(CC)CCCC)c(-c3cc4c(-c5ccc(CC(CC)CCCC)s5)c5sc(-c6sc(C=C7C(=O)c8ccccc8/C7=C(/C#N)[N+]#[C-])cc6CC(CC)CCCC)cc5c(-c5ccc(CC(CC)CCCC)s5)c4s3)s2)C(=O)c2ccccc21. The molecule has 4 atom stereocenters. The monoisotopic (exact) mass is 1370 g/mol. The number of nitrogens with zero attached hydrogens (tertiary/aromatic N) is 4. The van der Waals surface area contributed by atoms with E-state index >= 15 is 0 Å². The number of unbranched alkanes of at least 4 members (excludes halogenated alkanes) is 4. The number of fused-ring (bicyclic) bond motifs is 4. The van der Waals surface area contributed by atoms with Crippen molar-refractivity contribution in [3.05, 3.63) is 195 Å². The van der Waals surface area contributed by atoms with E-state index in [4.69, 9.17) is 13.1 Å². The average Bonchev–Trinajstić information content (AvgIpc) is 1.52. The summed E-state index contributed by atoms with van der Waals surface area (Å²) in [6, 6.07) is 38.3. The molecule has 6 aromatic heterocycles. The van der Waals surface area contributed by atoms with Crippen molar-refractivity contribution < 1.29 is 9.59 Å². The number of carbonyl (C=O) groups is 2. The molecule has 12 heteroatoms. The highest BCUT2D eigenvalue weighted by atomic mass is 32.1. The van der Waals surface area contributed by atoms with Gasteiger partial charge in [-0.25, -0.2) is 20.2 Å². The number of Topliss-reactive ketones (excluding diaryl/α,β-unsaturated/α-hetero) is 2. The van der Waals surface area contributed by atoms with Gasteiger partial charge in [-0.1, -0.05) is 207 Å². The maximum atomic E-state index is 14.5. The normalized spacial score (nSPS) is 16.0. The van der Waals surface area contributed by atoms with Gasteiger partial charge in [-0.05, 0) is 132 Å². The Morgan fingerprint density at radius 2 is 0.802 bits per heavy atom. The molecule has 0 radical (unpaired) electrons. The number of rotatable bonds is 30. The number of allylic oxidation sites excluding steroid dienone is 6. The zero-order chi connectivity index (χ0) is 67.6. The van der Waals surface area contributed by atoms with Gasteiger partial charge in [-0.3, -0.25) is 9.59 Å². The van der Waals surface area contributed by atoms with Gasteiger partial charge in [0.05, 0.1) is 25.3 Å². The van der Waals surface area contributed by atoms with Crippen LogP contribution in [0.15, 0.2) is 120 Å². The van der Waals surface area contributed by atoms with Gasteiger partial charge in [0.1, 0.15) is 0 Å². The van der Waals surface area contributed by atoms with Crippen LogP contribution in [0, 0.1) is 59.5 Å². The van der Waals surface area contributed by atoms with Crippen LogP contribution in [-0.4, -0.2) is 11.6 Å². The lowest BCUT2D eigenvalue weighted by atomic mass is 9.91. The first-order chi connectivity index (χ1) is 46.9. The van der Waals surface area contributed by atoms with Crippen LogP contribution in [0.25, 0.3) is 93.6 Å². The standard InChI is InChI=1S/C84H86N4O2S6/c1-11-19-27-51(15-5)39-55-43-59(45-65-75(69(49-85)87-9)61-31-23-25-33-63(61)79(65)89)93-81(55)73-47-67-77(71-37-35-57(91-71)41-53(17-7)29-21-13-3)84-68(78(83(67)95-73)72-38-36-58(92-72)42-54(18-8)30-22-14-4)48-74(96-84)82-56(40-52(16-6)28-20-12-2)44-60(94-82)46-66-76(70(50-86)88-10)62-32-24-26-34-64(62)80(66)90/h23-26,31-38,43-48,51-54H,11-22,27-30,39-42H2,1-8H3/b65-45?,66-46?,75-69-,76-70+. The van der Waals surface area contributed by atoms with Gasteiger partial charge in [0.15, 0.2) is 11.6 Å². The van der Waals surface area contributed by atoms with Crippen molar-refractivity contribution in [2.24, 2.45) is 23.7 Å². The molecule has 6 heterocycles. The summed E-state index contributed by atoms with van der Waals surface area (Å²) in [6.45, 7) is 34.6. The molecule has 0 amide bonds. The Kier molecular flexibility index (Phi) is 23.6. The quantitative estimate of drug-likeness (QED) is 0.0255. The third kappa shape index (κ3) is 14.6. The topological polar surface area (TPSA) is 90.4 Å². The molecule has 2 aliphatic carbocycles. The second-order valence-corrected chi connectivity index (χ2v) is 32.8. The van der Waals surface area contributed by atoms with Crippen LogP contribution in [0.4, 0.5) is 0 Å². The molecular formula is C84H86N4O2S6. The van der Waals surface area contributed by atoms with Gasteiger partial charge >= 0.3 is 0 Å². The van der Waals surface area contributed by atoms with Gasteiger partial charge in [0.2, 0.25) is 0 Å². The van der Waals surface area contributed by atoms with Crippen molar-refractivity contribution in [2.45, 2.75) is 184 Å². The van der Waals surface area contributed by atoms with Gasteiger partial charge in [0.25, 0.3) is 11.4 Å². The number of nitriles is 2. The molecule has 9 aromatic rings. The van der Waals surface area contributed by atoms with Gasteiger partial charge in [0, 0.05) is 113 Å². The fourth-order valence-corrected chi connectivity index (χ4v) is 21.9. The summed E-state index contributed by atoms with van der Waals surface area (Å²) in [5, 5.41) is 23.2. The summed E-state index contributed by atoms with van der Waals surface area (Å²) in [7, 11) is 0. The highest BCUT2D eigenvalue weighted by Crippen LogP contribution is 2.57. The van der Waals surface area contributed by atoms with Crippen molar-refractivity contribution in [3.8, 4) is 52.5 Å². The Balaban J connectivity index is 1.18. The summed E-state index contributed by atoms with van der Waals surface area (Å²) in [5.41, 5.74) is 8.89. The van der Waals surface area contributed by atoms with Crippen LogP contribution in [-0.2, 0) is 25.7 Å². The van der Waals surface area contributed by atoms with Crippen LogP contribution in [0.1, 0.15) is 221 Å². The molecule has 0 saturated heterocycles. The van der Waals surface area contributed by atoms with E-state index in [2.05, 4.69) is 126 Å². The molecule has 0 fully saturated rings. The molecule has 0 bridgehead atoms. The van der Waals surface area contributed by atoms with Crippen molar-refractivity contribution in [1.82, 2.24) is 0 Å². The molecule has 4 unspecified atom stereocenters. The molecular weight excluding hydrogens is 1290 g/mol. The second-order valence-electron chi connectivity index (χ2n) is 26.2. The molecule has 0 aliphatic heterocycles. The number of thiophene rings is 6. The predicted molar refractivity (Wildman–Crippen MR) is 414 cm³/mol. The Labute approximate surface area is 593 Å². The minimum absolute atomic E-state index is 0.0724. The maximum Gasteiger partial charge on any atom is 0.270 e. The maximum absolute atomic E-state index is 14.5. The number of hydrogen-bond acceptors (Lipinski definition) is 10. The van der Waals surface area contributed by atoms with Gasteiger partial charge < -0.3 is 0 Å². The van der Waals surface area contributed by atoms with Crippen molar-refractivity contribution in [1.29, 1.82) is 10.5 Å². The van der Waals surface area contributed by atoms with E-state index in [0.717, 1.165) is 99.6 Å². The largest absolute Gasteiger partial charge is 0.289 e. The lowest BCUT2D eigenvalue weighted by Crippen LogP contribution is -2.03. The zero-order valence-corrected chi connectivity index (χ0v) is 61.8. The van der Waals surface area contributed by atoms with E-state index in [1.807, 2.05) is 106 Å². The number of carbonyl (C=O) groups excluding carboxylic acids is 2. The van der Waals surface area contributed by atoms with E-state index in [0.29, 0.717) is 68.2 Å². The van der Waals surface area contributed by atoms with Gasteiger partial charge in [-0.15, -0.1) is 68.0 Å². The Bertz CT molecular complexity index is 4300. The summed E-state index contributed by atoms with van der Waals surface area (Å²) < 4.78 is 2.53. The molecule has 6 nitrogen and oxygen atoms in total.